The molecule has 0 atom stereocenters. The van der Waals surface area contributed by atoms with Gasteiger partial charge in [0, 0.05) is 26.2 Å². The first-order valence-corrected chi connectivity index (χ1v) is 4.67. The summed E-state index contributed by atoms with van der Waals surface area (Å²) >= 11 is 0. The Kier molecular flexibility index (Phi) is 4.08. The van der Waals surface area contributed by atoms with Crippen LogP contribution in [0.2, 0.25) is 0 Å². The molecule has 1 aliphatic rings. The summed E-state index contributed by atoms with van der Waals surface area (Å²) in [5.74, 6) is 0.788. The summed E-state index contributed by atoms with van der Waals surface area (Å²) in [5.41, 5.74) is 0. The summed E-state index contributed by atoms with van der Waals surface area (Å²) in [6, 6.07) is 0. The van der Waals surface area contributed by atoms with Crippen LogP contribution in [0.15, 0.2) is 0 Å². The molecule has 0 aromatic heterocycles. The van der Waals surface area contributed by atoms with Crippen LogP contribution in [0.1, 0.15) is 26.2 Å². The van der Waals surface area contributed by atoms with Crippen LogP contribution in [0.4, 0.5) is 0 Å². The second-order valence-corrected chi connectivity index (χ2v) is 3.21. The zero-order valence-corrected chi connectivity index (χ0v) is 7.64. The number of hydrogen-bond acceptors (Lipinski definition) is 2. The van der Waals surface area contributed by atoms with Crippen LogP contribution in [0.3, 0.4) is 0 Å². The Labute approximate surface area is 73.5 Å². The molecule has 12 heavy (non-hydrogen) atoms. The Morgan fingerprint density at radius 3 is 2.75 bits per heavy atom. The Hall–Kier alpha value is -0.570. The molecular formula is C9H17NO2. The summed E-state index contributed by atoms with van der Waals surface area (Å²) < 4.78 is 5.22. The van der Waals surface area contributed by atoms with E-state index in [1.165, 1.54) is 0 Å². The lowest BCUT2D eigenvalue weighted by Gasteiger charge is -2.21. The Balaban J connectivity index is 2.09. The van der Waals surface area contributed by atoms with Crippen molar-refractivity contribution in [3.8, 4) is 0 Å². The van der Waals surface area contributed by atoms with Crippen molar-refractivity contribution in [1.82, 2.24) is 5.32 Å². The first-order valence-electron chi connectivity index (χ1n) is 4.67. The maximum atomic E-state index is 10.9. The number of ether oxygens (including phenoxy) is 1. The highest BCUT2D eigenvalue weighted by Gasteiger charge is 2.13. The standard InChI is InChI=1S/C9H17NO2/c1-2-9(11)10-7-8-3-5-12-6-4-8/h8H,2-7H2,1H3,(H,10,11). The lowest BCUT2D eigenvalue weighted by atomic mass is 10.0. The maximum absolute atomic E-state index is 10.9. The van der Waals surface area contributed by atoms with E-state index in [9.17, 15) is 4.79 Å². The monoisotopic (exact) mass is 171 g/mol. The summed E-state index contributed by atoms with van der Waals surface area (Å²) in [6.45, 7) is 4.41. The van der Waals surface area contributed by atoms with E-state index in [0.717, 1.165) is 32.6 Å². The van der Waals surface area contributed by atoms with Gasteiger partial charge in [-0.2, -0.15) is 0 Å². The van der Waals surface area contributed by atoms with E-state index in [0.29, 0.717) is 12.3 Å². The molecule has 1 heterocycles. The summed E-state index contributed by atoms with van der Waals surface area (Å²) in [5, 5.41) is 2.91. The molecule has 1 N–H and O–H groups in total. The Bertz CT molecular complexity index is 141. The molecular weight excluding hydrogens is 154 g/mol. The van der Waals surface area contributed by atoms with Crippen molar-refractivity contribution in [1.29, 1.82) is 0 Å². The fraction of sp³-hybridized carbons (Fsp3) is 0.889. The predicted molar refractivity (Wildman–Crippen MR) is 46.8 cm³/mol. The van der Waals surface area contributed by atoms with Crippen LogP contribution in [-0.2, 0) is 9.53 Å². The van der Waals surface area contributed by atoms with Crippen molar-refractivity contribution >= 4 is 5.91 Å². The van der Waals surface area contributed by atoms with Gasteiger partial charge in [0.1, 0.15) is 0 Å². The van der Waals surface area contributed by atoms with Crippen LogP contribution < -0.4 is 5.32 Å². The highest BCUT2D eigenvalue weighted by molar-refractivity contribution is 5.75. The minimum absolute atomic E-state index is 0.154. The second-order valence-electron chi connectivity index (χ2n) is 3.21. The molecule has 0 radical (unpaired) electrons. The van der Waals surface area contributed by atoms with Gasteiger partial charge in [-0.1, -0.05) is 6.92 Å². The molecule has 0 aliphatic carbocycles. The van der Waals surface area contributed by atoms with Crippen molar-refractivity contribution in [3.05, 3.63) is 0 Å². The van der Waals surface area contributed by atoms with Gasteiger partial charge in [0.25, 0.3) is 0 Å². The van der Waals surface area contributed by atoms with Crippen molar-refractivity contribution in [2.24, 2.45) is 5.92 Å². The Morgan fingerprint density at radius 2 is 2.17 bits per heavy atom. The average Bonchev–Trinajstić information content (AvgIpc) is 2.16. The van der Waals surface area contributed by atoms with Gasteiger partial charge in [-0.05, 0) is 18.8 Å². The summed E-state index contributed by atoms with van der Waals surface area (Å²) in [7, 11) is 0. The first-order chi connectivity index (χ1) is 5.83. The second kappa shape index (κ2) is 5.14. The molecule has 0 unspecified atom stereocenters. The molecule has 1 amide bonds. The predicted octanol–water partition coefficient (Wildman–Crippen LogP) is 0.939. The topological polar surface area (TPSA) is 38.3 Å². The maximum Gasteiger partial charge on any atom is 0.219 e. The largest absolute Gasteiger partial charge is 0.381 e. The summed E-state index contributed by atoms with van der Waals surface area (Å²) in [6.07, 6.45) is 2.76. The van der Waals surface area contributed by atoms with E-state index in [2.05, 4.69) is 5.32 Å². The lowest BCUT2D eigenvalue weighted by Crippen LogP contribution is -2.31. The Morgan fingerprint density at radius 1 is 1.50 bits per heavy atom. The van der Waals surface area contributed by atoms with Gasteiger partial charge in [0.15, 0.2) is 0 Å². The van der Waals surface area contributed by atoms with Gasteiger partial charge >= 0.3 is 0 Å². The van der Waals surface area contributed by atoms with Crippen LogP contribution >= 0.6 is 0 Å². The minimum atomic E-state index is 0.154. The van der Waals surface area contributed by atoms with E-state index in [4.69, 9.17) is 4.74 Å². The van der Waals surface area contributed by atoms with Gasteiger partial charge in [0.2, 0.25) is 5.91 Å². The zero-order chi connectivity index (χ0) is 8.81. The fourth-order valence-corrected chi connectivity index (χ4v) is 1.33. The molecule has 0 saturated carbocycles. The first kappa shape index (κ1) is 9.52. The lowest BCUT2D eigenvalue weighted by molar-refractivity contribution is -0.121. The van der Waals surface area contributed by atoms with Crippen LogP contribution in [0.25, 0.3) is 0 Å². The van der Waals surface area contributed by atoms with E-state index in [1.54, 1.807) is 0 Å². The van der Waals surface area contributed by atoms with Gasteiger partial charge in [0.05, 0.1) is 0 Å². The smallest absolute Gasteiger partial charge is 0.219 e. The van der Waals surface area contributed by atoms with Gasteiger partial charge in [-0.3, -0.25) is 4.79 Å². The third-order valence-corrected chi connectivity index (χ3v) is 2.25. The molecule has 0 spiro atoms. The normalized spacial score (nSPS) is 19.1. The number of carbonyl (C=O) groups excluding carboxylic acids is 1. The third-order valence-electron chi connectivity index (χ3n) is 2.25. The minimum Gasteiger partial charge on any atom is -0.381 e. The van der Waals surface area contributed by atoms with E-state index in [-0.39, 0.29) is 5.91 Å². The molecule has 1 aliphatic heterocycles. The molecule has 1 saturated heterocycles. The number of carbonyl (C=O) groups is 1. The van der Waals surface area contributed by atoms with E-state index in [1.807, 2.05) is 6.92 Å². The van der Waals surface area contributed by atoms with Crippen LogP contribution in [0.5, 0.6) is 0 Å². The van der Waals surface area contributed by atoms with E-state index >= 15 is 0 Å². The number of rotatable bonds is 3. The SMILES string of the molecule is CCC(=O)NCC1CCOCC1. The van der Waals surface area contributed by atoms with E-state index < -0.39 is 0 Å². The van der Waals surface area contributed by atoms with Gasteiger partial charge in [-0.15, -0.1) is 0 Å². The molecule has 70 valence electrons. The average molecular weight is 171 g/mol. The number of nitrogens with one attached hydrogen (secondary N) is 1. The van der Waals surface area contributed by atoms with Crippen LogP contribution in [0, 0.1) is 5.92 Å². The molecule has 0 bridgehead atoms. The quantitative estimate of drug-likeness (QED) is 0.686. The van der Waals surface area contributed by atoms with Crippen LogP contribution in [-0.4, -0.2) is 25.7 Å². The fourth-order valence-electron chi connectivity index (χ4n) is 1.33. The number of hydrogen-bond donors (Lipinski definition) is 1. The molecule has 3 nitrogen and oxygen atoms in total. The zero-order valence-electron chi connectivity index (χ0n) is 7.64. The molecule has 3 heteroatoms. The van der Waals surface area contributed by atoms with Crippen molar-refractivity contribution < 1.29 is 9.53 Å². The van der Waals surface area contributed by atoms with Crippen molar-refractivity contribution in [3.63, 3.8) is 0 Å². The highest BCUT2D eigenvalue weighted by Crippen LogP contribution is 2.12. The molecule has 0 aromatic rings. The molecule has 1 fully saturated rings. The van der Waals surface area contributed by atoms with Gasteiger partial charge < -0.3 is 10.1 Å². The highest BCUT2D eigenvalue weighted by atomic mass is 16.5. The molecule has 1 rings (SSSR count). The third kappa shape index (κ3) is 3.22. The summed E-state index contributed by atoms with van der Waals surface area (Å²) in [4.78, 5) is 10.9. The van der Waals surface area contributed by atoms with Crippen molar-refractivity contribution in [2.45, 2.75) is 26.2 Å². The number of amides is 1. The van der Waals surface area contributed by atoms with Gasteiger partial charge in [-0.25, -0.2) is 0 Å². The van der Waals surface area contributed by atoms with Crippen molar-refractivity contribution in [2.75, 3.05) is 19.8 Å². The molecule has 0 aromatic carbocycles.